The average molecular weight is 556 g/mol. The number of nitrogens with one attached hydrogen (secondary N) is 1. The molecule has 1 heterocycles. The molecule has 1 saturated carbocycles. The molecule has 1 atom stereocenters. The highest BCUT2D eigenvalue weighted by molar-refractivity contribution is 7.72. The number of nitrogens with zero attached hydrogens (tertiary/aromatic N) is 2. The van der Waals surface area contributed by atoms with Gasteiger partial charge in [0, 0.05) is 26.9 Å². The van der Waals surface area contributed by atoms with Crippen molar-refractivity contribution in [2.24, 2.45) is 0 Å². The van der Waals surface area contributed by atoms with Gasteiger partial charge in [0.15, 0.2) is 0 Å². The SMILES string of the molecule is CC(c1ccc(CC(=O)Nc2cc(Cl)c(C3(c4nc(-c5ccccc5)no4)CC3)c(Cl)c2)cc1)[SH](=O)=O. The van der Waals surface area contributed by atoms with Gasteiger partial charge in [-0.3, -0.25) is 4.79 Å². The Morgan fingerprint density at radius 3 is 2.30 bits per heavy atom. The number of thiol groups is 1. The van der Waals surface area contributed by atoms with E-state index in [0.29, 0.717) is 38.6 Å². The van der Waals surface area contributed by atoms with E-state index in [1.54, 1.807) is 43.3 Å². The first-order valence-corrected chi connectivity index (χ1v) is 13.7. The van der Waals surface area contributed by atoms with E-state index in [1.165, 1.54) is 0 Å². The first kappa shape index (κ1) is 25.4. The van der Waals surface area contributed by atoms with Gasteiger partial charge in [-0.2, -0.15) is 4.98 Å². The summed E-state index contributed by atoms with van der Waals surface area (Å²) in [7, 11) is -2.55. The number of hydrogen-bond donors (Lipinski definition) is 2. The lowest BCUT2D eigenvalue weighted by molar-refractivity contribution is -0.115. The zero-order valence-electron chi connectivity index (χ0n) is 19.8. The van der Waals surface area contributed by atoms with Gasteiger partial charge in [-0.15, -0.1) is 0 Å². The summed E-state index contributed by atoms with van der Waals surface area (Å²) in [6, 6.07) is 19.8. The highest BCUT2D eigenvalue weighted by atomic mass is 35.5. The Balaban J connectivity index is 1.31. The summed E-state index contributed by atoms with van der Waals surface area (Å²) < 4.78 is 28.0. The first-order valence-electron chi connectivity index (χ1n) is 11.7. The van der Waals surface area contributed by atoms with Crippen LogP contribution in [0.25, 0.3) is 11.4 Å². The summed E-state index contributed by atoms with van der Waals surface area (Å²) in [6.07, 6.45) is 1.65. The van der Waals surface area contributed by atoms with Crippen molar-refractivity contribution in [2.45, 2.75) is 36.9 Å². The highest BCUT2D eigenvalue weighted by Gasteiger charge is 2.53. The topological polar surface area (TPSA) is 102 Å². The van der Waals surface area contributed by atoms with Crippen LogP contribution in [-0.4, -0.2) is 24.5 Å². The van der Waals surface area contributed by atoms with Gasteiger partial charge < -0.3 is 9.84 Å². The second kappa shape index (κ2) is 10.3. The smallest absolute Gasteiger partial charge is 0.237 e. The summed E-state index contributed by atoms with van der Waals surface area (Å²) in [6.45, 7) is 1.62. The van der Waals surface area contributed by atoms with E-state index in [0.717, 1.165) is 24.0 Å². The van der Waals surface area contributed by atoms with E-state index in [2.05, 4.69) is 15.5 Å². The minimum Gasteiger partial charge on any atom is -0.338 e. The number of benzene rings is 3. The number of carbonyl (C=O) groups excluding carboxylic acids is 1. The molecule has 3 aromatic carbocycles. The van der Waals surface area contributed by atoms with Crippen molar-refractivity contribution in [1.82, 2.24) is 10.1 Å². The second-order valence-electron chi connectivity index (χ2n) is 9.11. The van der Waals surface area contributed by atoms with Crippen molar-refractivity contribution in [1.29, 1.82) is 0 Å². The highest BCUT2D eigenvalue weighted by Crippen LogP contribution is 2.57. The molecule has 4 aromatic rings. The summed E-state index contributed by atoms with van der Waals surface area (Å²) in [5, 5.41) is 7.21. The molecule has 7 nitrogen and oxygen atoms in total. The third kappa shape index (κ3) is 5.28. The maximum Gasteiger partial charge on any atom is 0.237 e. The van der Waals surface area contributed by atoms with Gasteiger partial charge in [-0.05, 0) is 43.0 Å². The van der Waals surface area contributed by atoms with Gasteiger partial charge in [0.05, 0.1) is 17.1 Å². The van der Waals surface area contributed by atoms with Crippen LogP contribution in [0.2, 0.25) is 10.0 Å². The molecular formula is C27H23Cl2N3O4S. The van der Waals surface area contributed by atoms with Gasteiger partial charge in [0.2, 0.25) is 17.6 Å². The number of anilines is 1. The van der Waals surface area contributed by atoms with Crippen LogP contribution in [0.1, 0.15) is 47.6 Å². The fourth-order valence-corrected chi connectivity index (χ4v) is 5.61. The normalized spacial score (nSPS) is 14.9. The Morgan fingerprint density at radius 1 is 1.05 bits per heavy atom. The lowest BCUT2D eigenvalue weighted by atomic mass is 9.95. The summed E-state index contributed by atoms with van der Waals surface area (Å²) >= 11 is 13.3. The number of amides is 1. The molecule has 1 N–H and O–H groups in total. The predicted octanol–water partition coefficient (Wildman–Crippen LogP) is 5.98. The largest absolute Gasteiger partial charge is 0.338 e. The predicted molar refractivity (Wildman–Crippen MR) is 144 cm³/mol. The molecule has 1 unspecified atom stereocenters. The third-order valence-electron chi connectivity index (χ3n) is 6.56. The fraction of sp³-hybridized carbons (Fsp3) is 0.222. The number of hydrogen-bond acceptors (Lipinski definition) is 6. The van der Waals surface area contributed by atoms with Crippen LogP contribution in [0.5, 0.6) is 0 Å². The van der Waals surface area contributed by atoms with Crippen molar-refractivity contribution in [3.05, 3.63) is 99.4 Å². The molecule has 1 aromatic heterocycles. The van der Waals surface area contributed by atoms with Crippen LogP contribution in [0.15, 0.2) is 71.3 Å². The van der Waals surface area contributed by atoms with Crippen LogP contribution in [-0.2, 0) is 27.3 Å². The summed E-state index contributed by atoms with van der Waals surface area (Å²) in [4.78, 5) is 17.3. The summed E-state index contributed by atoms with van der Waals surface area (Å²) in [5.74, 6) is 0.717. The van der Waals surface area contributed by atoms with Gasteiger partial charge in [-0.1, -0.05) is 83.0 Å². The minimum atomic E-state index is -2.55. The molecule has 0 bridgehead atoms. The number of halogens is 2. The van der Waals surface area contributed by atoms with Gasteiger partial charge in [0.25, 0.3) is 0 Å². The Kier molecular flexibility index (Phi) is 7.07. The fourth-order valence-electron chi connectivity index (χ4n) is 4.35. The number of carbonyl (C=O) groups is 1. The van der Waals surface area contributed by atoms with E-state index in [-0.39, 0.29) is 12.3 Å². The Hall–Kier alpha value is -3.20. The molecule has 5 rings (SSSR count). The Labute approximate surface area is 225 Å². The van der Waals surface area contributed by atoms with E-state index < -0.39 is 21.4 Å². The Morgan fingerprint density at radius 2 is 1.70 bits per heavy atom. The molecule has 0 saturated heterocycles. The molecule has 0 aliphatic heterocycles. The molecule has 1 amide bonds. The molecule has 1 aliphatic rings. The van der Waals surface area contributed by atoms with E-state index in [9.17, 15) is 13.2 Å². The minimum absolute atomic E-state index is 0.114. The van der Waals surface area contributed by atoms with Crippen molar-refractivity contribution >= 4 is 45.5 Å². The monoisotopic (exact) mass is 555 g/mol. The third-order valence-corrected chi connectivity index (χ3v) is 8.09. The van der Waals surface area contributed by atoms with Crippen molar-refractivity contribution in [3.8, 4) is 11.4 Å². The first-order chi connectivity index (χ1) is 17.8. The quantitative estimate of drug-likeness (QED) is 0.259. The number of aromatic nitrogens is 2. The van der Waals surface area contributed by atoms with E-state index >= 15 is 0 Å². The van der Waals surface area contributed by atoms with Crippen molar-refractivity contribution < 1.29 is 17.7 Å². The standard InChI is InChI=1S/C27H23Cl2N3O4S/c1-16(37(34)35)18-9-7-17(8-10-18)13-23(33)30-20-14-21(28)24(22(29)15-20)27(11-12-27)26-31-25(32-36-26)19-5-3-2-4-6-19/h2-10,14-16,37H,11-13H2,1H3,(H,30,33). The van der Waals surface area contributed by atoms with Crippen LogP contribution in [0.4, 0.5) is 5.69 Å². The molecule has 0 spiro atoms. The van der Waals surface area contributed by atoms with Crippen LogP contribution in [0, 0.1) is 0 Å². The van der Waals surface area contributed by atoms with Crippen LogP contribution in [0.3, 0.4) is 0 Å². The van der Waals surface area contributed by atoms with Gasteiger partial charge in [-0.25, -0.2) is 8.42 Å². The lowest BCUT2D eigenvalue weighted by Crippen LogP contribution is -2.16. The van der Waals surface area contributed by atoms with Crippen LogP contribution >= 0.6 is 23.2 Å². The van der Waals surface area contributed by atoms with Gasteiger partial charge >= 0.3 is 0 Å². The van der Waals surface area contributed by atoms with E-state index in [1.807, 2.05) is 30.3 Å². The molecule has 1 aliphatic carbocycles. The molecule has 10 heteroatoms. The molecule has 190 valence electrons. The summed E-state index contributed by atoms with van der Waals surface area (Å²) in [5.41, 5.74) is 2.92. The molecule has 1 fully saturated rings. The van der Waals surface area contributed by atoms with Crippen molar-refractivity contribution in [3.63, 3.8) is 0 Å². The lowest BCUT2D eigenvalue weighted by Gasteiger charge is -2.17. The molecular weight excluding hydrogens is 533 g/mol. The van der Waals surface area contributed by atoms with Crippen LogP contribution < -0.4 is 5.32 Å². The zero-order valence-corrected chi connectivity index (χ0v) is 22.2. The van der Waals surface area contributed by atoms with E-state index in [4.69, 9.17) is 27.7 Å². The van der Waals surface area contributed by atoms with Crippen molar-refractivity contribution in [2.75, 3.05) is 5.32 Å². The number of rotatable bonds is 8. The second-order valence-corrected chi connectivity index (χ2v) is 11.3. The zero-order chi connectivity index (χ0) is 26.2. The maximum atomic E-state index is 12.7. The average Bonchev–Trinajstić information content (AvgIpc) is 3.50. The molecule has 0 radical (unpaired) electrons. The Bertz CT molecular complexity index is 1500. The maximum absolute atomic E-state index is 12.7. The van der Waals surface area contributed by atoms with Gasteiger partial charge in [0.1, 0.15) is 10.7 Å². The molecule has 37 heavy (non-hydrogen) atoms.